The van der Waals surface area contributed by atoms with Gasteiger partial charge in [0.1, 0.15) is 6.54 Å². The van der Waals surface area contributed by atoms with Crippen LogP contribution in [0.2, 0.25) is 0 Å². The van der Waals surface area contributed by atoms with Crippen molar-refractivity contribution in [2.75, 3.05) is 13.2 Å². The molecule has 0 saturated carbocycles. The van der Waals surface area contributed by atoms with Gasteiger partial charge in [0.15, 0.2) is 0 Å². The molecule has 142 valence electrons. The average Bonchev–Trinajstić information content (AvgIpc) is 2.85. The number of benzene rings is 1. The van der Waals surface area contributed by atoms with E-state index in [0.717, 1.165) is 41.8 Å². The summed E-state index contributed by atoms with van der Waals surface area (Å²) >= 11 is 0. The van der Waals surface area contributed by atoms with E-state index < -0.39 is 6.09 Å². The molecule has 0 spiro atoms. The highest BCUT2D eigenvalue weighted by molar-refractivity contribution is 6.16. The van der Waals surface area contributed by atoms with Crippen LogP contribution < -0.4 is 5.32 Å². The molecule has 0 saturated heterocycles. The Morgan fingerprint density at radius 3 is 2.78 bits per heavy atom. The van der Waals surface area contributed by atoms with E-state index in [1.54, 1.807) is 18.0 Å². The molecule has 0 bridgehead atoms. The van der Waals surface area contributed by atoms with Gasteiger partial charge in [-0.15, -0.1) is 0 Å². The maximum Gasteiger partial charge on any atom is 0.414 e. The van der Waals surface area contributed by atoms with Gasteiger partial charge in [0.05, 0.1) is 24.1 Å². The highest BCUT2D eigenvalue weighted by atomic mass is 16.6. The summed E-state index contributed by atoms with van der Waals surface area (Å²) < 4.78 is 5.21. The summed E-state index contributed by atoms with van der Waals surface area (Å²) in [4.78, 5) is 30.9. The number of amides is 2. The zero-order valence-corrected chi connectivity index (χ0v) is 15.8. The summed E-state index contributed by atoms with van der Waals surface area (Å²) in [7, 11) is 0. The number of ether oxygens (including phenoxy) is 1. The Balaban J connectivity index is 2.05. The minimum Gasteiger partial charge on any atom is -0.449 e. The van der Waals surface area contributed by atoms with Gasteiger partial charge in [-0.3, -0.25) is 14.7 Å². The van der Waals surface area contributed by atoms with Crippen LogP contribution >= 0.6 is 0 Å². The van der Waals surface area contributed by atoms with Crippen LogP contribution in [0.1, 0.15) is 38.7 Å². The second-order valence-electron chi connectivity index (χ2n) is 6.49. The number of hydrogen-bond donors (Lipinski definition) is 1. The van der Waals surface area contributed by atoms with Gasteiger partial charge in [-0.25, -0.2) is 4.79 Å². The number of hydrogen-bond acceptors (Lipinski definition) is 4. The molecular weight excluding hydrogens is 342 g/mol. The van der Waals surface area contributed by atoms with Crippen LogP contribution in [0.5, 0.6) is 0 Å². The van der Waals surface area contributed by atoms with Crippen LogP contribution in [-0.4, -0.2) is 41.8 Å². The number of aliphatic imine (C=N–C) groups is 1. The normalized spacial score (nSPS) is 19.2. The molecule has 1 aromatic carbocycles. The first-order chi connectivity index (χ1) is 13.2. The second kappa shape index (κ2) is 8.66. The van der Waals surface area contributed by atoms with Gasteiger partial charge < -0.3 is 10.1 Å². The predicted molar refractivity (Wildman–Crippen MR) is 104 cm³/mol. The van der Waals surface area contributed by atoms with Crippen LogP contribution in [0.4, 0.5) is 4.79 Å². The molecule has 1 aromatic rings. The Labute approximate surface area is 159 Å². The third-order valence-corrected chi connectivity index (χ3v) is 4.63. The molecule has 2 aliphatic heterocycles. The molecule has 0 aliphatic carbocycles. The number of unbranched alkanes of at least 4 members (excludes halogenated alkanes) is 1. The lowest BCUT2D eigenvalue weighted by Gasteiger charge is -2.34. The SMILES string of the molecule is CCCCC1C2=C(C=CN1C(=O)OCC)C(c1ccccc1)=NCC(=O)N2. The molecule has 0 fully saturated rings. The first kappa shape index (κ1) is 18.9. The Morgan fingerprint density at radius 2 is 2.07 bits per heavy atom. The molecule has 2 heterocycles. The van der Waals surface area contributed by atoms with Crippen LogP contribution in [0, 0.1) is 0 Å². The number of carbonyl (C=O) groups excluding carboxylic acids is 2. The minimum absolute atomic E-state index is 0.0605. The van der Waals surface area contributed by atoms with E-state index in [9.17, 15) is 9.59 Å². The molecule has 2 amide bonds. The molecular formula is C21H25N3O3. The maximum atomic E-state index is 12.5. The van der Waals surface area contributed by atoms with Crippen molar-refractivity contribution in [3.8, 4) is 0 Å². The summed E-state index contributed by atoms with van der Waals surface area (Å²) in [5.74, 6) is -0.172. The quantitative estimate of drug-likeness (QED) is 0.867. The lowest BCUT2D eigenvalue weighted by molar-refractivity contribution is -0.119. The summed E-state index contributed by atoms with van der Waals surface area (Å²) in [5.41, 5.74) is 3.30. The van der Waals surface area contributed by atoms with Crippen molar-refractivity contribution >= 4 is 17.7 Å². The van der Waals surface area contributed by atoms with E-state index in [0.29, 0.717) is 6.61 Å². The summed E-state index contributed by atoms with van der Waals surface area (Å²) in [6.45, 7) is 4.25. The van der Waals surface area contributed by atoms with E-state index in [4.69, 9.17) is 4.74 Å². The Kier molecular flexibility index (Phi) is 6.06. The van der Waals surface area contributed by atoms with Crippen molar-refractivity contribution in [2.45, 2.75) is 39.2 Å². The molecule has 3 rings (SSSR count). The molecule has 1 unspecified atom stereocenters. The molecule has 2 aliphatic rings. The number of rotatable bonds is 5. The first-order valence-corrected chi connectivity index (χ1v) is 9.43. The molecule has 1 atom stereocenters. The van der Waals surface area contributed by atoms with Crippen LogP contribution in [0.15, 0.2) is 58.9 Å². The fourth-order valence-electron chi connectivity index (χ4n) is 3.36. The smallest absolute Gasteiger partial charge is 0.414 e. The highest BCUT2D eigenvalue weighted by Crippen LogP contribution is 2.29. The Hall–Kier alpha value is -2.89. The lowest BCUT2D eigenvalue weighted by Crippen LogP contribution is -2.45. The van der Waals surface area contributed by atoms with E-state index in [1.807, 2.05) is 36.4 Å². The molecule has 1 N–H and O–H groups in total. The average molecular weight is 367 g/mol. The summed E-state index contributed by atoms with van der Waals surface area (Å²) in [5, 5.41) is 2.99. The fraction of sp³-hybridized carbons (Fsp3) is 0.381. The van der Waals surface area contributed by atoms with Crippen molar-refractivity contribution in [2.24, 2.45) is 4.99 Å². The highest BCUT2D eigenvalue weighted by Gasteiger charge is 2.34. The standard InChI is InChI=1S/C21H25N3O3/c1-3-5-11-17-20-16(12-13-24(17)21(26)27-4-2)19(22-14-18(25)23-20)15-9-7-6-8-10-15/h6-10,12-13,17H,3-5,11,14H2,1-2H3,(H,23,25). The minimum atomic E-state index is -0.405. The lowest BCUT2D eigenvalue weighted by atomic mass is 9.92. The monoisotopic (exact) mass is 367 g/mol. The van der Waals surface area contributed by atoms with Crippen molar-refractivity contribution in [1.82, 2.24) is 10.2 Å². The zero-order valence-electron chi connectivity index (χ0n) is 15.8. The van der Waals surface area contributed by atoms with Crippen LogP contribution in [0.3, 0.4) is 0 Å². The van der Waals surface area contributed by atoms with Crippen LogP contribution in [0.25, 0.3) is 0 Å². The third-order valence-electron chi connectivity index (χ3n) is 4.63. The van der Waals surface area contributed by atoms with Crippen molar-refractivity contribution in [1.29, 1.82) is 0 Å². The molecule has 0 aromatic heterocycles. The van der Waals surface area contributed by atoms with E-state index >= 15 is 0 Å². The number of carbonyl (C=O) groups is 2. The summed E-state index contributed by atoms with van der Waals surface area (Å²) in [6.07, 6.45) is 5.84. The summed E-state index contributed by atoms with van der Waals surface area (Å²) in [6, 6.07) is 9.52. The van der Waals surface area contributed by atoms with Gasteiger partial charge >= 0.3 is 6.09 Å². The van der Waals surface area contributed by atoms with E-state index in [2.05, 4.69) is 17.2 Å². The number of nitrogens with zero attached hydrogens (tertiary/aromatic N) is 2. The third kappa shape index (κ3) is 4.10. The molecule has 0 radical (unpaired) electrons. The van der Waals surface area contributed by atoms with Gasteiger partial charge in [0.2, 0.25) is 5.91 Å². The van der Waals surface area contributed by atoms with Gasteiger partial charge in [-0.2, -0.15) is 0 Å². The topological polar surface area (TPSA) is 71.0 Å². The van der Waals surface area contributed by atoms with Gasteiger partial charge in [-0.1, -0.05) is 50.1 Å². The van der Waals surface area contributed by atoms with Crippen molar-refractivity contribution in [3.63, 3.8) is 0 Å². The zero-order chi connectivity index (χ0) is 19.2. The molecule has 27 heavy (non-hydrogen) atoms. The van der Waals surface area contributed by atoms with Gasteiger partial charge in [-0.05, 0) is 19.4 Å². The number of allylic oxidation sites excluding steroid dienone is 2. The number of nitrogens with one attached hydrogen (secondary N) is 1. The maximum absolute atomic E-state index is 12.5. The Morgan fingerprint density at radius 1 is 1.30 bits per heavy atom. The van der Waals surface area contributed by atoms with Crippen molar-refractivity contribution < 1.29 is 14.3 Å². The second-order valence-corrected chi connectivity index (χ2v) is 6.49. The van der Waals surface area contributed by atoms with Crippen LogP contribution in [-0.2, 0) is 9.53 Å². The predicted octanol–water partition coefficient (Wildman–Crippen LogP) is 3.40. The van der Waals surface area contributed by atoms with Crippen molar-refractivity contribution in [3.05, 3.63) is 59.4 Å². The van der Waals surface area contributed by atoms with E-state index in [-0.39, 0.29) is 18.5 Å². The van der Waals surface area contributed by atoms with E-state index in [1.165, 1.54) is 0 Å². The molecule has 6 heteroatoms. The van der Waals surface area contributed by atoms with Gasteiger partial charge in [0, 0.05) is 17.3 Å². The fourth-order valence-corrected chi connectivity index (χ4v) is 3.36. The van der Waals surface area contributed by atoms with Gasteiger partial charge in [0.25, 0.3) is 0 Å². The largest absolute Gasteiger partial charge is 0.449 e. The first-order valence-electron chi connectivity index (χ1n) is 9.43. The Bertz CT molecular complexity index is 796. The molecule has 6 nitrogen and oxygen atoms in total.